The maximum Gasteiger partial charge on any atom is 0.404 e. The van der Waals surface area contributed by atoms with Crippen LogP contribution in [-0.2, 0) is 0 Å². The van der Waals surface area contributed by atoms with Crippen molar-refractivity contribution in [3.05, 3.63) is 35.4 Å². The Balaban J connectivity index is 3.29. The number of benzene rings is 1. The van der Waals surface area contributed by atoms with Gasteiger partial charge in [0.05, 0.1) is 11.6 Å². The summed E-state index contributed by atoms with van der Waals surface area (Å²) in [5.74, 6) is -3.57. The number of nitrogens with zero attached hydrogens (tertiary/aromatic N) is 1. The van der Waals surface area contributed by atoms with E-state index in [0.29, 0.717) is 12.1 Å². The van der Waals surface area contributed by atoms with Gasteiger partial charge in [-0.3, -0.25) is 0 Å². The molecule has 17 heavy (non-hydrogen) atoms. The SMILES string of the molecule is N#Cc1cccc(C(C(F)(F)F)C(F)(F)F)c1. The monoisotopic (exact) mass is 253 g/mol. The second kappa shape index (κ2) is 4.28. The Morgan fingerprint density at radius 2 is 1.53 bits per heavy atom. The van der Waals surface area contributed by atoms with Crippen LogP contribution in [0, 0.1) is 11.3 Å². The third kappa shape index (κ3) is 3.12. The number of nitriles is 1. The van der Waals surface area contributed by atoms with E-state index in [4.69, 9.17) is 5.26 Å². The molecule has 0 saturated carbocycles. The molecule has 0 saturated heterocycles. The number of rotatable bonds is 1. The van der Waals surface area contributed by atoms with Crippen LogP contribution in [-0.4, -0.2) is 12.4 Å². The van der Waals surface area contributed by atoms with Crippen molar-refractivity contribution < 1.29 is 26.3 Å². The van der Waals surface area contributed by atoms with Gasteiger partial charge in [-0.05, 0) is 17.7 Å². The molecule has 0 fully saturated rings. The van der Waals surface area contributed by atoms with E-state index in [0.717, 1.165) is 12.1 Å². The molecule has 1 rings (SSSR count). The molecule has 0 bridgehead atoms. The van der Waals surface area contributed by atoms with Gasteiger partial charge in [0.1, 0.15) is 0 Å². The molecule has 1 nitrogen and oxygen atoms in total. The topological polar surface area (TPSA) is 23.8 Å². The zero-order valence-electron chi connectivity index (χ0n) is 8.10. The van der Waals surface area contributed by atoms with Crippen LogP contribution >= 0.6 is 0 Å². The summed E-state index contributed by atoms with van der Waals surface area (Å²) in [6, 6.07) is 4.90. The van der Waals surface area contributed by atoms with Gasteiger partial charge < -0.3 is 0 Å². The molecule has 0 atom stereocenters. The standard InChI is InChI=1S/C10H5F6N/c11-9(12,13)8(10(14,15)16)7-3-1-2-6(4-7)5-17/h1-4,8H. The molecule has 0 spiro atoms. The van der Waals surface area contributed by atoms with E-state index in [1.54, 1.807) is 0 Å². The Labute approximate surface area is 92.3 Å². The van der Waals surface area contributed by atoms with Crippen LogP contribution in [0.1, 0.15) is 17.0 Å². The molecule has 0 radical (unpaired) electrons. The van der Waals surface area contributed by atoms with Crippen molar-refractivity contribution in [2.45, 2.75) is 18.3 Å². The molecule has 0 unspecified atom stereocenters. The molecule has 0 heterocycles. The summed E-state index contributed by atoms with van der Waals surface area (Å²) in [6.45, 7) is 0. The normalized spacial score (nSPS) is 12.6. The van der Waals surface area contributed by atoms with E-state index in [2.05, 4.69) is 0 Å². The highest BCUT2D eigenvalue weighted by atomic mass is 19.4. The maximum absolute atomic E-state index is 12.3. The zero-order valence-corrected chi connectivity index (χ0v) is 8.10. The van der Waals surface area contributed by atoms with Gasteiger partial charge in [0.25, 0.3) is 0 Å². The van der Waals surface area contributed by atoms with Crippen molar-refractivity contribution in [1.82, 2.24) is 0 Å². The second-order valence-electron chi connectivity index (χ2n) is 3.25. The van der Waals surface area contributed by atoms with E-state index in [9.17, 15) is 26.3 Å². The van der Waals surface area contributed by atoms with E-state index in [-0.39, 0.29) is 5.56 Å². The minimum absolute atomic E-state index is 0.249. The van der Waals surface area contributed by atoms with Crippen molar-refractivity contribution >= 4 is 0 Å². The van der Waals surface area contributed by atoms with E-state index < -0.39 is 23.8 Å². The highest BCUT2D eigenvalue weighted by molar-refractivity contribution is 5.35. The first-order valence-electron chi connectivity index (χ1n) is 4.29. The predicted octanol–water partition coefficient (Wildman–Crippen LogP) is 3.77. The summed E-state index contributed by atoms with van der Waals surface area (Å²) in [7, 11) is 0. The maximum atomic E-state index is 12.3. The molecule has 0 N–H and O–H groups in total. The Morgan fingerprint density at radius 1 is 1.00 bits per heavy atom. The van der Waals surface area contributed by atoms with Crippen molar-refractivity contribution in [1.29, 1.82) is 5.26 Å². The Kier molecular flexibility index (Phi) is 3.36. The Hall–Kier alpha value is -1.71. The van der Waals surface area contributed by atoms with Crippen molar-refractivity contribution in [3.8, 4) is 6.07 Å². The van der Waals surface area contributed by atoms with E-state index in [1.807, 2.05) is 0 Å². The molecule has 0 aliphatic rings. The predicted molar refractivity (Wildman–Crippen MR) is 46.0 cm³/mol. The van der Waals surface area contributed by atoms with Crippen molar-refractivity contribution in [2.24, 2.45) is 0 Å². The number of alkyl halides is 6. The molecule has 92 valence electrons. The van der Waals surface area contributed by atoms with Gasteiger partial charge in [-0.1, -0.05) is 12.1 Å². The highest BCUT2D eigenvalue weighted by Gasteiger charge is 2.57. The summed E-state index contributed by atoms with van der Waals surface area (Å²) >= 11 is 0. The first kappa shape index (κ1) is 13.4. The molecule has 1 aromatic rings. The first-order chi connectivity index (χ1) is 7.66. The highest BCUT2D eigenvalue weighted by Crippen LogP contribution is 2.46. The first-order valence-corrected chi connectivity index (χ1v) is 4.29. The molecular weight excluding hydrogens is 248 g/mol. The van der Waals surface area contributed by atoms with Crippen LogP contribution in [0.4, 0.5) is 26.3 Å². The zero-order chi connectivity index (χ0) is 13.3. The lowest BCUT2D eigenvalue weighted by atomic mass is 9.96. The summed E-state index contributed by atoms with van der Waals surface area (Å²) in [6.07, 6.45) is -10.9. The average molecular weight is 253 g/mol. The summed E-state index contributed by atoms with van der Waals surface area (Å²) in [5, 5.41) is 8.44. The van der Waals surface area contributed by atoms with Crippen molar-refractivity contribution in [2.75, 3.05) is 0 Å². The molecule has 0 aliphatic heterocycles. The van der Waals surface area contributed by atoms with Crippen molar-refractivity contribution in [3.63, 3.8) is 0 Å². The molecule has 0 amide bonds. The van der Waals surface area contributed by atoms with Gasteiger partial charge in [0, 0.05) is 0 Å². The summed E-state index contributed by atoms with van der Waals surface area (Å²) < 4.78 is 74.0. The molecule has 1 aromatic carbocycles. The number of hydrogen-bond donors (Lipinski definition) is 0. The molecular formula is C10H5F6N. The van der Waals surface area contributed by atoms with Gasteiger partial charge in [-0.25, -0.2) is 0 Å². The van der Waals surface area contributed by atoms with Crippen LogP contribution in [0.15, 0.2) is 24.3 Å². The lowest BCUT2D eigenvalue weighted by Gasteiger charge is -2.23. The fourth-order valence-electron chi connectivity index (χ4n) is 1.35. The average Bonchev–Trinajstić information content (AvgIpc) is 2.13. The Morgan fingerprint density at radius 3 is 1.94 bits per heavy atom. The lowest BCUT2D eigenvalue weighted by Crippen LogP contribution is -2.34. The smallest absolute Gasteiger partial charge is 0.192 e. The minimum Gasteiger partial charge on any atom is -0.192 e. The van der Waals surface area contributed by atoms with Crippen LogP contribution in [0.2, 0.25) is 0 Å². The van der Waals surface area contributed by atoms with Crippen LogP contribution < -0.4 is 0 Å². The van der Waals surface area contributed by atoms with Gasteiger partial charge in [0.2, 0.25) is 0 Å². The van der Waals surface area contributed by atoms with Gasteiger partial charge >= 0.3 is 12.4 Å². The summed E-state index contributed by atoms with van der Waals surface area (Å²) in [4.78, 5) is 0. The fourth-order valence-corrected chi connectivity index (χ4v) is 1.35. The van der Waals surface area contributed by atoms with Crippen LogP contribution in [0.25, 0.3) is 0 Å². The third-order valence-electron chi connectivity index (χ3n) is 2.00. The van der Waals surface area contributed by atoms with Crippen LogP contribution in [0.5, 0.6) is 0 Å². The number of hydrogen-bond acceptors (Lipinski definition) is 1. The Bertz CT molecular complexity index is 425. The molecule has 7 heteroatoms. The molecule has 0 aromatic heterocycles. The quantitative estimate of drug-likeness (QED) is 0.699. The fraction of sp³-hybridized carbons (Fsp3) is 0.300. The van der Waals surface area contributed by atoms with Gasteiger partial charge in [0.15, 0.2) is 5.92 Å². The van der Waals surface area contributed by atoms with Gasteiger partial charge in [-0.15, -0.1) is 0 Å². The molecule has 0 aliphatic carbocycles. The largest absolute Gasteiger partial charge is 0.404 e. The third-order valence-corrected chi connectivity index (χ3v) is 2.00. The lowest BCUT2D eigenvalue weighted by molar-refractivity contribution is -0.253. The number of halogens is 6. The van der Waals surface area contributed by atoms with E-state index >= 15 is 0 Å². The van der Waals surface area contributed by atoms with E-state index in [1.165, 1.54) is 6.07 Å². The van der Waals surface area contributed by atoms with Crippen LogP contribution in [0.3, 0.4) is 0 Å². The minimum atomic E-state index is -5.44. The summed E-state index contributed by atoms with van der Waals surface area (Å²) in [5.41, 5.74) is -1.23. The van der Waals surface area contributed by atoms with Gasteiger partial charge in [-0.2, -0.15) is 31.6 Å². The second-order valence-corrected chi connectivity index (χ2v) is 3.25.